The van der Waals surface area contributed by atoms with Gasteiger partial charge in [-0.05, 0) is 6.42 Å². The van der Waals surface area contributed by atoms with E-state index in [2.05, 4.69) is 6.92 Å². The van der Waals surface area contributed by atoms with E-state index in [1.54, 1.807) is 0 Å². The number of carbonyl (C=O) groups is 1. The summed E-state index contributed by atoms with van der Waals surface area (Å²) in [6, 6.07) is 0. The van der Waals surface area contributed by atoms with E-state index in [1.165, 1.54) is 128 Å². The fourth-order valence-electron chi connectivity index (χ4n) is 3.88. The van der Waals surface area contributed by atoms with Crippen molar-refractivity contribution in [3.05, 3.63) is 0 Å². The smallest absolute Gasteiger partial charge is 0.303 e. The predicted octanol–water partition coefficient (Wildman–Crippen LogP) is 9.06. The second-order valence-corrected chi connectivity index (χ2v) is 8.57. The van der Waals surface area contributed by atoms with Gasteiger partial charge in [-0.1, -0.05) is 142 Å². The molecule has 0 aliphatic carbocycles. The molecule has 28 heavy (non-hydrogen) atoms. The van der Waals surface area contributed by atoms with Crippen LogP contribution in [0.4, 0.5) is 0 Å². The van der Waals surface area contributed by atoms with Crippen LogP contribution in [0.15, 0.2) is 0 Å². The third-order valence-electron chi connectivity index (χ3n) is 5.74. The summed E-state index contributed by atoms with van der Waals surface area (Å²) < 4.78 is 0. The van der Waals surface area contributed by atoms with Gasteiger partial charge in [0.05, 0.1) is 0 Å². The third-order valence-corrected chi connectivity index (χ3v) is 5.74. The van der Waals surface area contributed by atoms with Crippen LogP contribution in [0.25, 0.3) is 0 Å². The Morgan fingerprint density at radius 2 is 0.679 bits per heavy atom. The van der Waals surface area contributed by atoms with Gasteiger partial charge >= 0.3 is 5.97 Å². The number of hydrogen-bond donors (Lipinski definition) is 1. The minimum atomic E-state index is -0.650. The molecule has 0 aromatic heterocycles. The summed E-state index contributed by atoms with van der Waals surface area (Å²) in [6.07, 6.45) is 30.5. The van der Waals surface area contributed by atoms with E-state index in [1.807, 2.05) is 0 Å². The predicted molar refractivity (Wildman–Crippen MR) is 120 cm³/mol. The second-order valence-electron chi connectivity index (χ2n) is 8.57. The van der Waals surface area contributed by atoms with Crippen molar-refractivity contribution in [2.24, 2.45) is 0 Å². The van der Waals surface area contributed by atoms with Crippen molar-refractivity contribution < 1.29 is 32.3 Å². The summed E-state index contributed by atoms with van der Waals surface area (Å²) in [7, 11) is 0. The molecule has 0 fully saturated rings. The normalized spacial score (nSPS) is 10.8. The molecule has 0 saturated carbocycles. The van der Waals surface area contributed by atoms with Crippen LogP contribution >= 0.6 is 0 Å². The minimum absolute atomic E-state index is 0. The zero-order chi connectivity index (χ0) is 19.8. The molecule has 0 bridgehead atoms. The number of carboxylic acids is 1. The van der Waals surface area contributed by atoms with Gasteiger partial charge < -0.3 is 5.11 Å². The van der Waals surface area contributed by atoms with Crippen LogP contribution in [0, 0.1) is 0 Å². The molecule has 0 aromatic carbocycles. The Morgan fingerprint density at radius 1 is 0.464 bits per heavy atom. The van der Waals surface area contributed by atoms with Gasteiger partial charge in [0, 0.05) is 28.8 Å². The summed E-state index contributed by atoms with van der Waals surface area (Å²) in [5, 5.41) is 8.58. The summed E-state index contributed by atoms with van der Waals surface area (Å²) in [5.41, 5.74) is 0. The standard InChI is InChI=1S/C25H50O2.Ag/c1-2-3-4-5-6-7-8-9-10-11-12-13-14-15-16-17-18-19-20-21-22-23-24-25(26)27;/h2-24H2,1H3,(H,26,27);. The molecule has 0 unspecified atom stereocenters. The molecule has 0 saturated heterocycles. The Balaban J connectivity index is 0. The van der Waals surface area contributed by atoms with Crippen LogP contribution in [0.3, 0.4) is 0 Å². The Hall–Kier alpha value is 0.210. The van der Waals surface area contributed by atoms with Gasteiger partial charge in [0.25, 0.3) is 0 Å². The van der Waals surface area contributed by atoms with Gasteiger partial charge in [-0.25, -0.2) is 0 Å². The maximum Gasteiger partial charge on any atom is 0.303 e. The number of carboxylic acid groups (broad SMARTS) is 1. The first-order valence-corrected chi connectivity index (χ1v) is 12.5. The molecule has 0 rings (SSSR count). The molecule has 1 radical (unpaired) electrons. The summed E-state index contributed by atoms with van der Waals surface area (Å²) >= 11 is 0. The van der Waals surface area contributed by atoms with E-state index < -0.39 is 5.97 Å². The molecule has 0 spiro atoms. The SMILES string of the molecule is CCCCCCCCCCCCCCCCCCCCCCCCC(=O)O.[Ag]. The van der Waals surface area contributed by atoms with Crippen molar-refractivity contribution >= 4 is 5.97 Å². The van der Waals surface area contributed by atoms with Crippen molar-refractivity contribution in [1.29, 1.82) is 0 Å². The van der Waals surface area contributed by atoms with Gasteiger partial charge in [0.1, 0.15) is 0 Å². The van der Waals surface area contributed by atoms with Crippen molar-refractivity contribution in [1.82, 2.24) is 0 Å². The zero-order valence-corrected chi connectivity index (χ0v) is 20.4. The van der Waals surface area contributed by atoms with Crippen LogP contribution in [0.2, 0.25) is 0 Å². The van der Waals surface area contributed by atoms with E-state index in [4.69, 9.17) is 5.11 Å². The van der Waals surface area contributed by atoms with Gasteiger partial charge in [0.15, 0.2) is 0 Å². The molecule has 1 N–H and O–H groups in total. The van der Waals surface area contributed by atoms with Crippen LogP contribution in [-0.4, -0.2) is 11.1 Å². The quantitative estimate of drug-likeness (QED) is 0.115. The molecule has 3 heteroatoms. The minimum Gasteiger partial charge on any atom is -0.481 e. The Kier molecular flexibility index (Phi) is 29.5. The molecule has 0 aliphatic rings. The molecular formula is C25H50AgO2. The van der Waals surface area contributed by atoms with Crippen molar-refractivity contribution in [2.45, 2.75) is 155 Å². The summed E-state index contributed by atoms with van der Waals surface area (Å²) in [5.74, 6) is -0.650. The maximum absolute atomic E-state index is 10.4. The van der Waals surface area contributed by atoms with Crippen molar-refractivity contribution in [3.8, 4) is 0 Å². The Labute approximate surface area is 192 Å². The van der Waals surface area contributed by atoms with E-state index >= 15 is 0 Å². The average Bonchev–Trinajstić information content (AvgIpc) is 2.65. The van der Waals surface area contributed by atoms with Crippen molar-refractivity contribution in [3.63, 3.8) is 0 Å². The van der Waals surface area contributed by atoms with E-state index in [-0.39, 0.29) is 22.4 Å². The first kappa shape index (κ1) is 30.4. The molecule has 173 valence electrons. The fourth-order valence-corrected chi connectivity index (χ4v) is 3.88. The second kappa shape index (κ2) is 27.2. The number of aliphatic carboxylic acids is 1. The first-order chi connectivity index (χ1) is 13.3. The third kappa shape index (κ3) is 28.4. The Morgan fingerprint density at radius 3 is 0.893 bits per heavy atom. The molecule has 0 aliphatic heterocycles. The molecule has 0 aromatic rings. The number of unbranched alkanes of at least 4 members (excludes halogenated alkanes) is 21. The van der Waals surface area contributed by atoms with Gasteiger partial charge in [0.2, 0.25) is 0 Å². The largest absolute Gasteiger partial charge is 0.481 e. The van der Waals surface area contributed by atoms with Crippen LogP contribution in [0.5, 0.6) is 0 Å². The maximum atomic E-state index is 10.4. The van der Waals surface area contributed by atoms with Crippen LogP contribution < -0.4 is 0 Å². The van der Waals surface area contributed by atoms with Gasteiger partial charge in [-0.2, -0.15) is 0 Å². The zero-order valence-electron chi connectivity index (χ0n) is 18.9. The average molecular weight is 491 g/mol. The molecule has 2 nitrogen and oxygen atoms in total. The molecule has 0 heterocycles. The fraction of sp³-hybridized carbons (Fsp3) is 0.960. The van der Waals surface area contributed by atoms with E-state index in [0.29, 0.717) is 6.42 Å². The van der Waals surface area contributed by atoms with Gasteiger partial charge in [-0.15, -0.1) is 0 Å². The molecule has 0 amide bonds. The summed E-state index contributed by atoms with van der Waals surface area (Å²) in [4.78, 5) is 10.4. The molecule has 0 atom stereocenters. The Bertz CT molecular complexity index is 294. The van der Waals surface area contributed by atoms with Crippen molar-refractivity contribution in [2.75, 3.05) is 0 Å². The first-order valence-electron chi connectivity index (χ1n) is 12.5. The van der Waals surface area contributed by atoms with Crippen LogP contribution in [0.1, 0.15) is 155 Å². The number of hydrogen-bond acceptors (Lipinski definition) is 1. The monoisotopic (exact) mass is 489 g/mol. The number of rotatable bonds is 23. The summed E-state index contributed by atoms with van der Waals surface area (Å²) in [6.45, 7) is 2.29. The van der Waals surface area contributed by atoms with E-state index in [9.17, 15) is 4.79 Å². The topological polar surface area (TPSA) is 37.3 Å². The van der Waals surface area contributed by atoms with E-state index in [0.717, 1.165) is 12.8 Å². The van der Waals surface area contributed by atoms with Crippen LogP contribution in [-0.2, 0) is 27.2 Å². The molecular weight excluding hydrogens is 440 g/mol. The van der Waals surface area contributed by atoms with Gasteiger partial charge in [-0.3, -0.25) is 4.79 Å².